The van der Waals surface area contributed by atoms with E-state index in [9.17, 15) is 35.5 Å². The zero-order valence-corrected chi connectivity index (χ0v) is 15.3. The molecule has 0 fully saturated rings. The van der Waals surface area contributed by atoms with E-state index in [4.69, 9.17) is 0 Å². The minimum absolute atomic E-state index is 0.0637. The predicted molar refractivity (Wildman–Crippen MR) is 88.1 cm³/mol. The van der Waals surface area contributed by atoms with Crippen molar-refractivity contribution in [3.8, 4) is 5.75 Å². The SMILES string of the molecule is Cn1cc(C(F)(F)F)cc(OC(F)F)/c1=N/C1CCC(F)(F)c2c1ccnc2C=O. The van der Waals surface area contributed by atoms with Crippen LogP contribution in [-0.4, -0.2) is 22.4 Å². The van der Waals surface area contributed by atoms with Crippen molar-refractivity contribution in [3.63, 3.8) is 0 Å². The van der Waals surface area contributed by atoms with Gasteiger partial charge < -0.3 is 9.30 Å². The zero-order valence-electron chi connectivity index (χ0n) is 15.3. The van der Waals surface area contributed by atoms with Gasteiger partial charge in [-0.3, -0.25) is 14.8 Å². The number of fused-ring (bicyclic) bond motifs is 1. The van der Waals surface area contributed by atoms with Gasteiger partial charge >= 0.3 is 12.8 Å². The summed E-state index contributed by atoms with van der Waals surface area (Å²) < 4.78 is 98.4. The molecular weight excluding hydrogens is 423 g/mol. The summed E-state index contributed by atoms with van der Waals surface area (Å²) in [5.74, 6) is -4.22. The number of carbonyl (C=O) groups excluding carboxylic acids is 1. The van der Waals surface area contributed by atoms with Crippen molar-refractivity contribution in [1.29, 1.82) is 0 Å². The molecule has 1 aliphatic carbocycles. The highest BCUT2D eigenvalue weighted by Gasteiger charge is 2.43. The first-order valence-corrected chi connectivity index (χ1v) is 8.53. The number of halogens is 7. The maximum atomic E-state index is 14.4. The lowest BCUT2D eigenvalue weighted by Crippen LogP contribution is -2.29. The molecule has 0 spiro atoms. The second-order valence-electron chi connectivity index (χ2n) is 6.57. The Balaban J connectivity index is 2.22. The van der Waals surface area contributed by atoms with Crippen molar-refractivity contribution in [1.82, 2.24) is 9.55 Å². The molecule has 5 nitrogen and oxygen atoms in total. The number of aryl methyl sites for hydroxylation is 1. The Labute approximate surface area is 164 Å². The molecule has 30 heavy (non-hydrogen) atoms. The molecule has 0 amide bonds. The molecular formula is C18H14F7N3O2. The van der Waals surface area contributed by atoms with Gasteiger partial charge in [-0.05, 0) is 24.1 Å². The third-order valence-electron chi connectivity index (χ3n) is 4.58. The minimum Gasteiger partial charge on any atom is -0.431 e. The number of carbonyl (C=O) groups is 1. The molecule has 0 radical (unpaired) electrons. The second-order valence-corrected chi connectivity index (χ2v) is 6.57. The molecule has 0 saturated heterocycles. The smallest absolute Gasteiger partial charge is 0.417 e. The average molecular weight is 437 g/mol. The first-order valence-electron chi connectivity index (χ1n) is 8.53. The van der Waals surface area contributed by atoms with E-state index < -0.39 is 59.2 Å². The van der Waals surface area contributed by atoms with Gasteiger partial charge in [0.15, 0.2) is 17.5 Å². The van der Waals surface area contributed by atoms with Crippen LogP contribution < -0.4 is 10.2 Å². The van der Waals surface area contributed by atoms with Crippen molar-refractivity contribution in [2.75, 3.05) is 0 Å². The lowest BCUT2D eigenvalue weighted by Gasteiger charge is -2.30. The molecule has 1 unspecified atom stereocenters. The van der Waals surface area contributed by atoms with Crippen LogP contribution in [0.3, 0.4) is 0 Å². The molecule has 0 bridgehead atoms. The van der Waals surface area contributed by atoms with Crippen LogP contribution in [0.5, 0.6) is 5.75 Å². The van der Waals surface area contributed by atoms with Gasteiger partial charge in [-0.25, -0.2) is 8.78 Å². The van der Waals surface area contributed by atoms with Gasteiger partial charge in [-0.15, -0.1) is 0 Å². The summed E-state index contributed by atoms with van der Waals surface area (Å²) in [4.78, 5) is 18.9. The Morgan fingerprint density at radius 3 is 2.67 bits per heavy atom. The maximum Gasteiger partial charge on any atom is 0.417 e. The predicted octanol–water partition coefficient (Wildman–Crippen LogP) is 4.38. The monoisotopic (exact) mass is 437 g/mol. The quantitative estimate of drug-likeness (QED) is 0.527. The number of pyridine rings is 2. The molecule has 3 rings (SSSR count). The van der Waals surface area contributed by atoms with Crippen molar-refractivity contribution < 1.29 is 40.3 Å². The fourth-order valence-corrected chi connectivity index (χ4v) is 3.32. The summed E-state index contributed by atoms with van der Waals surface area (Å²) in [6.07, 6.45) is -3.87. The normalized spacial score (nSPS) is 19.0. The van der Waals surface area contributed by atoms with Gasteiger partial charge in [-0.2, -0.15) is 22.0 Å². The van der Waals surface area contributed by atoms with Crippen LogP contribution in [0.15, 0.2) is 29.5 Å². The van der Waals surface area contributed by atoms with Gasteiger partial charge in [0.05, 0.1) is 17.2 Å². The van der Waals surface area contributed by atoms with Gasteiger partial charge in [0.2, 0.25) is 0 Å². The van der Waals surface area contributed by atoms with E-state index in [0.717, 1.165) is 17.8 Å². The topological polar surface area (TPSA) is 56.5 Å². The molecule has 0 aromatic carbocycles. The first kappa shape index (κ1) is 21.8. The number of hydrogen-bond acceptors (Lipinski definition) is 4. The van der Waals surface area contributed by atoms with Crippen LogP contribution in [0.4, 0.5) is 30.7 Å². The minimum atomic E-state index is -4.83. The molecule has 0 saturated carbocycles. The second kappa shape index (κ2) is 7.73. The van der Waals surface area contributed by atoms with Crippen molar-refractivity contribution in [2.24, 2.45) is 12.0 Å². The average Bonchev–Trinajstić information content (AvgIpc) is 2.64. The van der Waals surface area contributed by atoms with Gasteiger partial charge in [0.1, 0.15) is 5.69 Å². The van der Waals surface area contributed by atoms with Crippen LogP contribution in [0, 0.1) is 0 Å². The number of alkyl halides is 7. The molecule has 2 heterocycles. The van der Waals surface area contributed by atoms with Crippen molar-refractivity contribution >= 4 is 6.29 Å². The van der Waals surface area contributed by atoms with E-state index in [2.05, 4.69) is 14.7 Å². The van der Waals surface area contributed by atoms with Crippen LogP contribution >= 0.6 is 0 Å². The molecule has 1 aliphatic rings. The molecule has 12 heteroatoms. The summed E-state index contributed by atoms with van der Waals surface area (Å²) in [5.41, 5.74) is -2.83. The third kappa shape index (κ3) is 4.17. The largest absolute Gasteiger partial charge is 0.431 e. The van der Waals surface area contributed by atoms with E-state index in [1.54, 1.807) is 0 Å². The lowest BCUT2D eigenvalue weighted by molar-refractivity contribution is -0.138. The first-order chi connectivity index (χ1) is 13.9. The Kier molecular flexibility index (Phi) is 5.61. The standard InChI is InChI=1S/C18H14F7N3O2/c1-28-7-9(18(23,24)25)6-13(30-16(19)20)15(28)27-11-2-4-17(21,22)14-10(11)3-5-26-12(14)8-29/h3,5-8,11,16H,2,4H2,1H3/b27-15-. The highest BCUT2D eigenvalue weighted by Crippen LogP contribution is 2.46. The maximum absolute atomic E-state index is 14.4. The van der Waals surface area contributed by atoms with Gasteiger partial charge in [0, 0.05) is 25.9 Å². The van der Waals surface area contributed by atoms with E-state index in [1.165, 1.54) is 6.07 Å². The number of rotatable bonds is 4. The fourth-order valence-electron chi connectivity index (χ4n) is 3.32. The van der Waals surface area contributed by atoms with Crippen molar-refractivity contribution in [2.45, 2.75) is 37.6 Å². The van der Waals surface area contributed by atoms with Crippen LogP contribution in [0.1, 0.15) is 46.1 Å². The fraction of sp³-hybridized carbons (Fsp3) is 0.389. The summed E-state index contributed by atoms with van der Waals surface area (Å²) in [6, 6.07) is 0.540. The number of aldehydes is 1. The zero-order chi connectivity index (χ0) is 22.3. The number of nitrogens with zero attached hydrogens (tertiary/aromatic N) is 3. The van der Waals surface area contributed by atoms with Crippen LogP contribution in [0.2, 0.25) is 0 Å². The van der Waals surface area contributed by atoms with E-state index in [1.807, 2.05) is 0 Å². The summed E-state index contributed by atoms with van der Waals surface area (Å²) in [7, 11) is 1.13. The molecule has 0 aliphatic heterocycles. The summed E-state index contributed by atoms with van der Waals surface area (Å²) in [6.45, 7) is -3.43. The van der Waals surface area contributed by atoms with Crippen molar-refractivity contribution in [3.05, 3.63) is 52.4 Å². The number of ether oxygens (including phenoxy) is 1. The molecule has 2 aromatic rings. The van der Waals surface area contributed by atoms with E-state index >= 15 is 0 Å². The van der Waals surface area contributed by atoms with Gasteiger partial charge in [0.25, 0.3) is 5.92 Å². The molecule has 0 N–H and O–H groups in total. The third-order valence-corrected chi connectivity index (χ3v) is 4.58. The summed E-state index contributed by atoms with van der Waals surface area (Å²) in [5, 5.41) is 0. The Hall–Kier alpha value is -2.92. The van der Waals surface area contributed by atoms with Crippen LogP contribution in [-0.2, 0) is 19.1 Å². The number of hydrogen-bond donors (Lipinski definition) is 0. The van der Waals surface area contributed by atoms with Gasteiger partial charge in [-0.1, -0.05) is 0 Å². The Morgan fingerprint density at radius 2 is 2.07 bits per heavy atom. The Morgan fingerprint density at radius 1 is 1.37 bits per heavy atom. The molecule has 2 aromatic heterocycles. The molecule has 1 atom stereocenters. The highest BCUT2D eigenvalue weighted by atomic mass is 19.4. The van der Waals surface area contributed by atoms with E-state index in [-0.39, 0.29) is 18.3 Å². The summed E-state index contributed by atoms with van der Waals surface area (Å²) >= 11 is 0. The van der Waals surface area contributed by atoms with Crippen LogP contribution in [0.25, 0.3) is 0 Å². The lowest BCUT2D eigenvalue weighted by atomic mass is 9.84. The molecule has 162 valence electrons. The highest BCUT2D eigenvalue weighted by molar-refractivity contribution is 5.75. The van der Waals surface area contributed by atoms with E-state index in [0.29, 0.717) is 12.3 Å². The Bertz CT molecular complexity index is 1030. The number of aromatic nitrogens is 2.